The molecular weight excluding hydrogens is 418 g/mol. The van der Waals surface area contributed by atoms with Gasteiger partial charge in [-0.05, 0) is 42.3 Å². The lowest BCUT2D eigenvalue weighted by molar-refractivity contribution is 0.340. The van der Waals surface area contributed by atoms with Crippen LogP contribution in [0.5, 0.6) is 5.75 Å². The van der Waals surface area contributed by atoms with E-state index in [2.05, 4.69) is 15.9 Å². The highest BCUT2D eigenvalue weighted by molar-refractivity contribution is 9.09. The molecule has 0 aliphatic carbocycles. The molecule has 1 atom stereocenters. The molecule has 0 aliphatic rings. The highest BCUT2D eigenvalue weighted by Gasteiger charge is 2.19. The Morgan fingerprint density at radius 3 is 2.29 bits per heavy atom. The molecule has 0 spiro atoms. The number of rotatable bonds is 4. The van der Waals surface area contributed by atoms with Crippen molar-refractivity contribution >= 4 is 62.3 Å². The van der Waals surface area contributed by atoms with Gasteiger partial charge in [-0.15, -0.1) is 0 Å². The summed E-state index contributed by atoms with van der Waals surface area (Å²) in [5.74, 6) is 0.560. The summed E-state index contributed by atoms with van der Waals surface area (Å²) in [7, 11) is 0. The van der Waals surface area contributed by atoms with Gasteiger partial charge in [0.15, 0.2) is 0 Å². The molecule has 0 aromatic heterocycles. The SMILES string of the molecule is CCOc1cc(Cl)c(C(Br)c2cc(Cl)ccc2Cl)cc1Cl. The lowest BCUT2D eigenvalue weighted by atomic mass is 10.0. The van der Waals surface area contributed by atoms with Crippen LogP contribution in [0.1, 0.15) is 22.9 Å². The maximum Gasteiger partial charge on any atom is 0.139 e. The van der Waals surface area contributed by atoms with Crippen molar-refractivity contribution in [3.8, 4) is 5.75 Å². The minimum absolute atomic E-state index is 0.218. The number of hydrogen-bond donors (Lipinski definition) is 0. The van der Waals surface area contributed by atoms with Crippen molar-refractivity contribution in [3.63, 3.8) is 0 Å². The van der Waals surface area contributed by atoms with Crippen molar-refractivity contribution in [1.29, 1.82) is 0 Å². The van der Waals surface area contributed by atoms with Crippen LogP contribution in [-0.2, 0) is 0 Å². The molecule has 112 valence electrons. The van der Waals surface area contributed by atoms with Gasteiger partial charge in [-0.2, -0.15) is 0 Å². The molecule has 0 heterocycles. The molecule has 1 nitrogen and oxygen atoms in total. The average Bonchev–Trinajstić information content (AvgIpc) is 2.44. The van der Waals surface area contributed by atoms with E-state index in [4.69, 9.17) is 51.1 Å². The molecule has 0 N–H and O–H groups in total. The van der Waals surface area contributed by atoms with Gasteiger partial charge in [0.05, 0.1) is 16.5 Å². The molecule has 21 heavy (non-hydrogen) atoms. The van der Waals surface area contributed by atoms with Gasteiger partial charge in [-0.3, -0.25) is 0 Å². The summed E-state index contributed by atoms with van der Waals surface area (Å²) in [5.41, 5.74) is 1.63. The van der Waals surface area contributed by atoms with Crippen molar-refractivity contribution in [1.82, 2.24) is 0 Å². The van der Waals surface area contributed by atoms with E-state index >= 15 is 0 Å². The number of ether oxygens (including phenoxy) is 1. The normalized spacial score (nSPS) is 12.3. The molecule has 0 amide bonds. The van der Waals surface area contributed by atoms with Gasteiger partial charge in [0, 0.05) is 21.1 Å². The van der Waals surface area contributed by atoms with Gasteiger partial charge in [0.2, 0.25) is 0 Å². The molecule has 0 saturated heterocycles. The van der Waals surface area contributed by atoms with Crippen LogP contribution < -0.4 is 4.74 Å². The lowest BCUT2D eigenvalue weighted by Crippen LogP contribution is -1.98. The van der Waals surface area contributed by atoms with Crippen LogP contribution in [0, 0.1) is 0 Å². The molecule has 0 bridgehead atoms. The highest BCUT2D eigenvalue weighted by atomic mass is 79.9. The minimum atomic E-state index is -0.218. The molecule has 6 heteroatoms. The Kier molecular flexibility index (Phi) is 6.10. The van der Waals surface area contributed by atoms with Crippen LogP contribution in [0.4, 0.5) is 0 Å². The van der Waals surface area contributed by atoms with E-state index in [-0.39, 0.29) is 4.83 Å². The van der Waals surface area contributed by atoms with E-state index < -0.39 is 0 Å². The Morgan fingerprint density at radius 2 is 1.62 bits per heavy atom. The maximum atomic E-state index is 6.33. The molecule has 0 saturated carbocycles. The maximum absolute atomic E-state index is 6.33. The Morgan fingerprint density at radius 1 is 0.952 bits per heavy atom. The summed E-state index contributed by atoms with van der Waals surface area (Å²) >= 11 is 28.4. The molecule has 2 aromatic rings. The van der Waals surface area contributed by atoms with Gasteiger partial charge < -0.3 is 4.74 Å². The summed E-state index contributed by atoms with van der Waals surface area (Å²) in [6, 6.07) is 8.75. The number of alkyl halides is 1. The first-order chi connectivity index (χ1) is 9.93. The second kappa shape index (κ2) is 7.43. The van der Waals surface area contributed by atoms with Crippen LogP contribution in [0.25, 0.3) is 0 Å². The van der Waals surface area contributed by atoms with Gasteiger partial charge in [0.25, 0.3) is 0 Å². The number of hydrogen-bond acceptors (Lipinski definition) is 1. The Hall–Kier alpha value is -0.120. The van der Waals surface area contributed by atoms with E-state index in [0.29, 0.717) is 32.4 Å². The van der Waals surface area contributed by atoms with Crippen LogP contribution >= 0.6 is 62.3 Å². The third-order valence-electron chi connectivity index (χ3n) is 2.86. The third-order valence-corrected chi connectivity index (χ3v) is 5.04. The van der Waals surface area contributed by atoms with Crippen LogP contribution in [0.3, 0.4) is 0 Å². The molecule has 0 aliphatic heterocycles. The van der Waals surface area contributed by atoms with E-state index in [9.17, 15) is 0 Å². The second-order valence-corrected chi connectivity index (χ2v) is 6.84. The van der Waals surface area contributed by atoms with Gasteiger partial charge in [-0.25, -0.2) is 0 Å². The summed E-state index contributed by atoms with van der Waals surface area (Å²) in [4.78, 5) is -0.218. The topological polar surface area (TPSA) is 9.23 Å². The summed E-state index contributed by atoms with van der Waals surface area (Å²) in [5, 5.41) is 2.24. The first kappa shape index (κ1) is 17.2. The molecule has 1 unspecified atom stereocenters. The third kappa shape index (κ3) is 4.00. The second-order valence-electron chi connectivity index (χ2n) is 4.27. The molecule has 0 fully saturated rings. The monoisotopic (exact) mass is 426 g/mol. The highest BCUT2D eigenvalue weighted by Crippen LogP contribution is 2.42. The Balaban J connectivity index is 2.46. The van der Waals surface area contributed by atoms with Crippen molar-refractivity contribution in [3.05, 3.63) is 61.5 Å². The summed E-state index contributed by atoms with van der Waals surface area (Å²) < 4.78 is 5.42. The fourth-order valence-corrected chi connectivity index (χ4v) is 3.80. The van der Waals surface area contributed by atoms with E-state index in [1.165, 1.54) is 0 Å². The van der Waals surface area contributed by atoms with Gasteiger partial charge in [-0.1, -0.05) is 62.3 Å². The Labute approximate surface area is 152 Å². The van der Waals surface area contributed by atoms with Gasteiger partial charge in [0.1, 0.15) is 5.75 Å². The zero-order valence-corrected chi connectivity index (χ0v) is 15.6. The fraction of sp³-hybridized carbons (Fsp3) is 0.200. The van der Waals surface area contributed by atoms with E-state index in [1.807, 2.05) is 6.92 Å². The molecule has 0 radical (unpaired) electrons. The summed E-state index contributed by atoms with van der Waals surface area (Å²) in [6.07, 6.45) is 0. The zero-order chi connectivity index (χ0) is 15.6. The largest absolute Gasteiger partial charge is 0.492 e. The standard InChI is InChI=1S/C15H11BrCl4O/c1-2-21-14-7-12(19)10(6-13(14)20)15(16)9-5-8(17)3-4-11(9)18/h3-7,15H,2H2,1H3. The Bertz CT molecular complexity index is 660. The lowest BCUT2D eigenvalue weighted by Gasteiger charge is -2.16. The average molecular weight is 429 g/mol. The van der Waals surface area contributed by atoms with Crippen LogP contribution in [-0.4, -0.2) is 6.61 Å². The van der Waals surface area contributed by atoms with Gasteiger partial charge >= 0.3 is 0 Å². The predicted octanol–water partition coefficient (Wildman–Crippen LogP) is 7.18. The number of benzene rings is 2. The van der Waals surface area contributed by atoms with Crippen LogP contribution in [0.2, 0.25) is 20.1 Å². The minimum Gasteiger partial charge on any atom is -0.492 e. The molecular formula is C15H11BrCl4O. The van der Waals surface area contributed by atoms with Crippen molar-refractivity contribution < 1.29 is 4.74 Å². The van der Waals surface area contributed by atoms with Crippen molar-refractivity contribution in [2.75, 3.05) is 6.61 Å². The quantitative estimate of drug-likeness (QED) is 0.468. The van der Waals surface area contributed by atoms with Crippen molar-refractivity contribution in [2.45, 2.75) is 11.8 Å². The molecule has 2 rings (SSSR count). The fourth-order valence-electron chi connectivity index (χ4n) is 1.88. The van der Waals surface area contributed by atoms with E-state index in [0.717, 1.165) is 11.1 Å². The summed E-state index contributed by atoms with van der Waals surface area (Å²) in [6.45, 7) is 2.41. The zero-order valence-electron chi connectivity index (χ0n) is 11.0. The smallest absolute Gasteiger partial charge is 0.139 e. The van der Waals surface area contributed by atoms with Crippen LogP contribution in [0.15, 0.2) is 30.3 Å². The first-order valence-electron chi connectivity index (χ1n) is 6.14. The molecule has 2 aromatic carbocycles. The first-order valence-corrected chi connectivity index (χ1v) is 8.57. The predicted molar refractivity (Wildman–Crippen MR) is 94.9 cm³/mol. The van der Waals surface area contributed by atoms with Crippen molar-refractivity contribution in [2.24, 2.45) is 0 Å². The number of halogens is 5. The van der Waals surface area contributed by atoms with E-state index in [1.54, 1.807) is 30.3 Å².